The highest BCUT2D eigenvalue weighted by Crippen LogP contribution is 2.19. The van der Waals surface area contributed by atoms with E-state index in [-0.39, 0.29) is 17.9 Å². The molecule has 0 aromatic rings. The first-order chi connectivity index (χ1) is 8.68. The number of piperidine rings is 1. The number of carbonyl (C=O) groups excluding carboxylic acids is 2. The van der Waals surface area contributed by atoms with Gasteiger partial charge in [-0.25, -0.2) is 0 Å². The number of carbonyl (C=O) groups is 2. The summed E-state index contributed by atoms with van der Waals surface area (Å²) in [6.07, 6.45) is 6.67. The molecule has 2 saturated heterocycles. The van der Waals surface area contributed by atoms with E-state index in [9.17, 15) is 9.59 Å². The lowest BCUT2D eigenvalue weighted by atomic mass is 10.0. The number of hydrogen-bond acceptors (Lipinski definition) is 3. The molecule has 2 rings (SSSR count). The van der Waals surface area contributed by atoms with Crippen molar-refractivity contribution in [2.75, 3.05) is 13.1 Å². The van der Waals surface area contributed by atoms with Crippen molar-refractivity contribution < 1.29 is 9.59 Å². The fourth-order valence-corrected chi connectivity index (χ4v) is 2.97. The molecule has 18 heavy (non-hydrogen) atoms. The quantitative estimate of drug-likeness (QED) is 0.761. The van der Waals surface area contributed by atoms with Gasteiger partial charge >= 0.3 is 0 Å². The van der Waals surface area contributed by atoms with Crippen molar-refractivity contribution in [2.24, 2.45) is 5.73 Å². The second-order valence-corrected chi connectivity index (χ2v) is 5.33. The SMILES string of the molecule is NC(=O)C1CCCN1C(=O)CCC1CCCCN1. The molecule has 2 fully saturated rings. The third-order valence-electron chi connectivity index (χ3n) is 4.02. The topological polar surface area (TPSA) is 75.4 Å². The molecule has 2 aliphatic heterocycles. The van der Waals surface area contributed by atoms with E-state index in [4.69, 9.17) is 5.73 Å². The number of likely N-dealkylation sites (tertiary alicyclic amines) is 1. The van der Waals surface area contributed by atoms with E-state index >= 15 is 0 Å². The number of nitrogens with zero attached hydrogens (tertiary/aromatic N) is 1. The van der Waals surface area contributed by atoms with Gasteiger partial charge in [-0.2, -0.15) is 0 Å². The highest BCUT2D eigenvalue weighted by atomic mass is 16.2. The van der Waals surface area contributed by atoms with Crippen molar-refractivity contribution >= 4 is 11.8 Å². The van der Waals surface area contributed by atoms with Gasteiger partial charge < -0.3 is 16.0 Å². The third-order valence-corrected chi connectivity index (χ3v) is 4.02. The number of primary amides is 1. The van der Waals surface area contributed by atoms with Crippen LogP contribution in [0, 0.1) is 0 Å². The number of amides is 2. The van der Waals surface area contributed by atoms with E-state index in [1.165, 1.54) is 12.8 Å². The lowest BCUT2D eigenvalue weighted by Crippen LogP contribution is -2.44. The molecule has 2 heterocycles. The van der Waals surface area contributed by atoms with Crippen molar-refractivity contribution in [2.45, 2.75) is 57.0 Å². The minimum atomic E-state index is -0.364. The Balaban J connectivity index is 1.78. The van der Waals surface area contributed by atoms with Gasteiger partial charge in [0.1, 0.15) is 6.04 Å². The van der Waals surface area contributed by atoms with E-state index in [0.717, 1.165) is 32.2 Å². The van der Waals surface area contributed by atoms with Crippen LogP contribution in [-0.4, -0.2) is 41.9 Å². The predicted octanol–water partition coefficient (Wildman–Crippen LogP) is 0.385. The van der Waals surface area contributed by atoms with Gasteiger partial charge in [0, 0.05) is 19.0 Å². The standard InChI is InChI=1S/C13H23N3O2/c14-13(18)11-5-3-9-16(11)12(17)7-6-10-4-1-2-8-15-10/h10-11,15H,1-9H2,(H2,14,18). The average Bonchev–Trinajstić information content (AvgIpc) is 2.86. The summed E-state index contributed by atoms with van der Waals surface area (Å²) >= 11 is 0. The van der Waals surface area contributed by atoms with Crippen molar-refractivity contribution in [1.29, 1.82) is 0 Å². The monoisotopic (exact) mass is 253 g/mol. The minimum absolute atomic E-state index is 0.0867. The average molecular weight is 253 g/mol. The Hall–Kier alpha value is -1.10. The molecule has 0 radical (unpaired) electrons. The van der Waals surface area contributed by atoms with Gasteiger partial charge in [-0.3, -0.25) is 9.59 Å². The van der Waals surface area contributed by atoms with Crippen molar-refractivity contribution in [3.05, 3.63) is 0 Å². The summed E-state index contributed by atoms with van der Waals surface area (Å²) in [5.74, 6) is -0.277. The minimum Gasteiger partial charge on any atom is -0.368 e. The molecule has 0 aliphatic carbocycles. The van der Waals surface area contributed by atoms with Crippen LogP contribution in [0.1, 0.15) is 44.9 Å². The summed E-state index contributed by atoms with van der Waals surface area (Å²) in [6, 6.07) is 0.106. The fourth-order valence-electron chi connectivity index (χ4n) is 2.97. The van der Waals surface area contributed by atoms with Crippen molar-refractivity contribution in [3.8, 4) is 0 Å². The summed E-state index contributed by atoms with van der Waals surface area (Å²) < 4.78 is 0. The van der Waals surface area contributed by atoms with Crippen LogP contribution >= 0.6 is 0 Å². The number of nitrogens with two attached hydrogens (primary N) is 1. The molecule has 0 bridgehead atoms. The van der Waals surface area contributed by atoms with Gasteiger partial charge in [-0.05, 0) is 38.6 Å². The zero-order valence-electron chi connectivity index (χ0n) is 10.9. The van der Waals surface area contributed by atoms with Gasteiger partial charge in [0.2, 0.25) is 11.8 Å². The van der Waals surface area contributed by atoms with Gasteiger partial charge in [0.15, 0.2) is 0 Å². The van der Waals surface area contributed by atoms with Crippen LogP contribution in [0.15, 0.2) is 0 Å². The Kier molecular flexibility index (Phi) is 4.58. The lowest BCUT2D eigenvalue weighted by molar-refractivity contribution is -0.137. The summed E-state index contributed by atoms with van der Waals surface area (Å²) in [6.45, 7) is 1.75. The van der Waals surface area contributed by atoms with Gasteiger partial charge in [-0.15, -0.1) is 0 Å². The number of rotatable bonds is 4. The molecular weight excluding hydrogens is 230 g/mol. The summed E-state index contributed by atoms with van der Waals surface area (Å²) in [7, 11) is 0. The van der Waals surface area contributed by atoms with Crippen LogP contribution in [0.5, 0.6) is 0 Å². The van der Waals surface area contributed by atoms with Gasteiger partial charge in [0.25, 0.3) is 0 Å². The van der Waals surface area contributed by atoms with Gasteiger partial charge in [0.05, 0.1) is 0 Å². The van der Waals surface area contributed by atoms with Crippen LogP contribution < -0.4 is 11.1 Å². The molecule has 3 N–H and O–H groups in total. The second kappa shape index (κ2) is 6.18. The van der Waals surface area contributed by atoms with E-state index in [1.54, 1.807) is 4.90 Å². The van der Waals surface area contributed by atoms with Crippen LogP contribution in [-0.2, 0) is 9.59 Å². The fraction of sp³-hybridized carbons (Fsp3) is 0.846. The third kappa shape index (κ3) is 3.22. The molecule has 0 saturated carbocycles. The van der Waals surface area contributed by atoms with Crippen LogP contribution in [0.25, 0.3) is 0 Å². The largest absolute Gasteiger partial charge is 0.368 e. The van der Waals surface area contributed by atoms with Crippen molar-refractivity contribution in [1.82, 2.24) is 10.2 Å². The maximum Gasteiger partial charge on any atom is 0.240 e. The predicted molar refractivity (Wildman–Crippen MR) is 68.8 cm³/mol. The zero-order chi connectivity index (χ0) is 13.0. The molecule has 5 nitrogen and oxygen atoms in total. The molecule has 0 spiro atoms. The van der Waals surface area contributed by atoms with Crippen LogP contribution in [0.3, 0.4) is 0 Å². The summed E-state index contributed by atoms with van der Waals surface area (Å²) in [5.41, 5.74) is 5.32. The maximum atomic E-state index is 12.1. The van der Waals surface area contributed by atoms with Crippen LogP contribution in [0.2, 0.25) is 0 Å². The molecule has 2 amide bonds. The molecular formula is C13H23N3O2. The molecule has 0 aromatic carbocycles. The first kappa shape index (κ1) is 13.3. The summed E-state index contributed by atoms with van der Waals surface area (Å²) in [5, 5.41) is 3.44. The molecule has 102 valence electrons. The van der Waals surface area contributed by atoms with E-state index in [0.29, 0.717) is 19.0 Å². The number of nitrogens with one attached hydrogen (secondary N) is 1. The Morgan fingerprint density at radius 1 is 1.22 bits per heavy atom. The zero-order valence-corrected chi connectivity index (χ0v) is 10.9. The Morgan fingerprint density at radius 3 is 2.72 bits per heavy atom. The second-order valence-electron chi connectivity index (χ2n) is 5.33. The normalized spacial score (nSPS) is 28.3. The molecule has 2 aliphatic rings. The molecule has 5 heteroatoms. The molecule has 2 unspecified atom stereocenters. The maximum absolute atomic E-state index is 12.1. The highest BCUT2D eigenvalue weighted by Gasteiger charge is 2.32. The molecule has 0 aromatic heterocycles. The Bertz CT molecular complexity index is 313. The van der Waals surface area contributed by atoms with Crippen LogP contribution in [0.4, 0.5) is 0 Å². The smallest absolute Gasteiger partial charge is 0.240 e. The van der Waals surface area contributed by atoms with E-state index in [1.807, 2.05) is 0 Å². The lowest BCUT2D eigenvalue weighted by Gasteiger charge is -2.26. The van der Waals surface area contributed by atoms with Crippen molar-refractivity contribution in [3.63, 3.8) is 0 Å². The Morgan fingerprint density at radius 2 is 2.06 bits per heavy atom. The summed E-state index contributed by atoms with van der Waals surface area (Å²) in [4.78, 5) is 25.0. The highest BCUT2D eigenvalue weighted by molar-refractivity contribution is 5.87. The van der Waals surface area contributed by atoms with Gasteiger partial charge in [-0.1, -0.05) is 6.42 Å². The van der Waals surface area contributed by atoms with E-state index in [2.05, 4.69) is 5.32 Å². The van der Waals surface area contributed by atoms with E-state index < -0.39 is 0 Å². The number of hydrogen-bond donors (Lipinski definition) is 2. The first-order valence-corrected chi connectivity index (χ1v) is 7.00. The Labute approximate surface area is 108 Å². The first-order valence-electron chi connectivity index (χ1n) is 7.00. The molecule has 2 atom stereocenters.